The normalized spacial score (nSPS) is 22.7. The minimum absolute atomic E-state index is 0.105. The van der Waals surface area contributed by atoms with E-state index in [0.29, 0.717) is 40.0 Å². The zero-order valence-corrected chi connectivity index (χ0v) is 37.0. The zero-order valence-electron chi connectivity index (χ0n) is 37.0. The molecule has 1 aromatic heterocycles. The summed E-state index contributed by atoms with van der Waals surface area (Å²) in [7, 11) is 0. The van der Waals surface area contributed by atoms with Crippen LogP contribution in [0.15, 0.2) is 72.8 Å². The summed E-state index contributed by atoms with van der Waals surface area (Å²) in [5.41, 5.74) is 9.50. The van der Waals surface area contributed by atoms with Crippen molar-refractivity contribution in [2.45, 2.75) is 76.3 Å². The van der Waals surface area contributed by atoms with E-state index in [1.807, 2.05) is 60.7 Å². The van der Waals surface area contributed by atoms with E-state index in [1.54, 1.807) is 12.1 Å². The lowest BCUT2D eigenvalue weighted by molar-refractivity contribution is -0.136. The molecule has 65 heavy (non-hydrogen) atoms. The summed E-state index contributed by atoms with van der Waals surface area (Å²) in [6.07, 6.45) is 9.29. The van der Waals surface area contributed by atoms with Crippen LogP contribution in [-0.4, -0.2) is 119 Å². The van der Waals surface area contributed by atoms with Gasteiger partial charge < -0.3 is 30.5 Å². The second-order valence-corrected chi connectivity index (χ2v) is 18.9. The lowest BCUT2D eigenvalue weighted by Gasteiger charge is -2.41. The number of fused-ring (bicyclic) bond motifs is 2. The third-order valence-corrected chi connectivity index (χ3v) is 15.0. The Morgan fingerprint density at radius 1 is 0.738 bits per heavy atom. The van der Waals surface area contributed by atoms with Crippen molar-refractivity contribution in [3.05, 3.63) is 89.5 Å². The van der Waals surface area contributed by atoms with Crippen molar-refractivity contribution in [1.82, 2.24) is 29.8 Å². The Hall–Kier alpha value is -6.06. The van der Waals surface area contributed by atoms with Crippen LogP contribution >= 0.6 is 0 Å². The Bertz CT molecular complexity index is 2430. The van der Waals surface area contributed by atoms with Gasteiger partial charge >= 0.3 is 0 Å². The molecular formula is C50H59N9O6. The zero-order chi connectivity index (χ0) is 44.6. The molecule has 340 valence electrons. The maximum atomic E-state index is 13.4. The van der Waals surface area contributed by atoms with E-state index in [1.165, 1.54) is 19.3 Å². The predicted octanol–water partition coefficient (Wildman–Crippen LogP) is 5.93. The van der Waals surface area contributed by atoms with Crippen molar-refractivity contribution in [3.8, 4) is 22.8 Å². The first-order valence-corrected chi connectivity index (χ1v) is 23.7. The molecule has 2 atom stereocenters. The summed E-state index contributed by atoms with van der Waals surface area (Å²) in [4.78, 5) is 72.2. The fourth-order valence-electron chi connectivity index (χ4n) is 11.3. The third-order valence-electron chi connectivity index (χ3n) is 15.0. The van der Waals surface area contributed by atoms with E-state index in [4.69, 9.17) is 15.6 Å². The van der Waals surface area contributed by atoms with Gasteiger partial charge in [-0.1, -0.05) is 18.2 Å². The van der Waals surface area contributed by atoms with Crippen molar-refractivity contribution < 1.29 is 28.7 Å². The van der Waals surface area contributed by atoms with Crippen LogP contribution in [0.25, 0.3) is 11.3 Å². The second kappa shape index (κ2) is 18.4. The second-order valence-electron chi connectivity index (χ2n) is 18.9. The number of nitrogens with one attached hydrogen (secondary N) is 2. The molecule has 7 heterocycles. The molecule has 0 spiro atoms. The van der Waals surface area contributed by atoms with Crippen LogP contribution in [0.5, 0.6) is 11.5 Å². The van der Waals surface area contributed by atoms with Crippen molar-refractivity contribution in [1.29, 1.82) is 0 Å². The molecule has 0 aliphatic carbocycles. The number of carbonyl (C=O) groups is 5. The first-order valence-electron chi connectivity index (χ1n) is 23.7. The number of nitrogens with two attached hydrogens (primary N) is 1. The van der Waals surface area contributed by atoms with Gasteiger partial charge in [-0.15, -0.1) is 0 Å². The molecule has 15 nitrogen and oxygen atoms in total. The van der Waals surface area contributed by atoms with Crippen molar-refractivity contribution >= 4 is 41.0 Å². The lowest BCUT2D eigenvalue weighted by Crippen LogP contribution is -2.54. The van der Waals surface area contributed by atoms with Crippen LogP contribution in [0.4, 0.5) is 11.5 Å². The summed E-state index contributed by atoms with van der Waals surface area (Å²) < 4.78 is 8.06. The number of para-hydroxylation sites is 1. The highest BCUT2D eigenvalue weighted by molar-refractivity contribution is 6.23. The molecule has 4 fully saturated rings. The van der Waals surface area contributed by atoms with E-state index in [9.17, 15) is 24.0 Å². The molecule has 0 radical (unpaired) electrons. The summed E-state index contributed by atoms with van der Waals surface area (Å²) in [5, 5.41) is 10.8. The average molecular weight is 882 g/mol. The number of anilines is 2. The fraction of sp³-hybridized carbons (Fsp3) is 0.480. The van der Waals surface area contributed by atoms with Gasteiger partial charge in [0, 0.05) is 43.9 Å². The number of piperidine rings is 4. The number of ether oxygens (including phenoxy) is 1. The number of nitrogens with zero attached hydrogens (tertiary/aromatic N) is 6. The van der Waals surface area contributed by atoms with E-state index >= 15 is 0 Å². The number of likely N-dealkylation sites (tertiary alicyclic amines) is 2. The van der Waals surface area contributed by atoms with E-state index < -0.39 is 29.7 Å². The Morgan fingerprint density at radius 2 is 1.43 bits per heavy atom. The molecule has 6 aliphatic heterocycles. The summed E-state index contributed by atoms with van der Waals surface area (Å²) in [6, 6.07) is 22.1. The van der Waals surface area contributed by atoms with Gasteiger partial charge in [0.05, 0.1) is 17.2 Å². The highest BCUT2D eigenvalue weighted by Crippen LogP contribution is 2.41. The molecule has 0 saturated carbocycles. The fourth-order valence-corrected chi connectivity index (χ4v) is 11.3. The molecule has 3 aromatic carbocycles. The van der Waals surface area contributed by atoms with Gasteiger partial charge in [-0.05, 0) is 163 Å². The van der Waals surface area contributed by atoms with Crippen LogP contribution in [0, 0.1) is 17.8 Å². The summed E-state index contributed by atoms with van der Waals surface area (Å²) in [6.45, 7) is 9.37. The lowest BCUT2D eigenvalue weighted by atomic mass is 9.86. The van der Waals surface area contributed by atoms with Gasteiger partial charge in [-0.25, -0.2) is 4.68 Å². The molecule has 10 rings (SSSR count). The number of rotatable bonds is 12. The van der Waals surface area contributed by atoms with Gasteiger partial charge in [0.2, 0.25) is 11.8 Å². The first-order chi connectivity index (χ1) is 31.7. The minimum Gasteiger partial charge on any atom is -0.457 e. The first kappa shape index (κ1) is 42.9. The van der Waals surface area contributed by atoms with Crippen LogP contribution in [-0.2, 0) is 9.59 Å². The quantitative estimate of drug-likeness (QED) is 0.144. The summed E-state index contributed by atoms with van der Waals surface area (Å²) >= 11 is 0. The monoisotopic (exact) mass is 881 g/mol. The maximum absolute atomic E-state index is 13.4. The Kier molecular flexibility index (Phi) is 12.2. The van der Waals surface area contributed by atoms with Crippen molar-refractivity contribution in [2.24, 2.45) is 23.5 Å². The standard InChI is InChI=1S/C50H59N9O6/c51-46(61)44-45(35-6-9-38(10-7-35)65-37-4-2-1-3-5-37)54-59-41(14-22-52-47(44)59)34-20-26-56(27-21-34)31-33-16-24-55(25-17-33)23-15-32-18-28-57(29-19-32)36-8-11-39-40(30-36)50(64)58(49(39)63)42-12-13-43(60)53-48(42)62/h1-11,30,32-34,41-42,52H,12-29,31H2,(H2,51,61)(H,53,60,62). The molecule has 4 saturated heterocycles. The molecule has 4 N–H and O–H groups in total. The number of aromatic nitrogens is 2. The van der Waals surface area contributed by atoms with Crippen LogP contribution < -0.4 is 26.0 Å². The number of imide groups is 2. The van der Waals surface area contributed by atoms with Gasteiger partial charge in [-0.3, -0.25) is 34.2 Å². The van der Waals surface area contributed by atoms with E-state index in [0.717, 1.165) is 125 Å². The average Bonchev–Trinajstić information content (AvgIpc) is 3.84. The van der Waals surface area contributed by atoms with Gasteiger partial charge in [0.15, 0.2) is 0 Å². The number of primary amides is 1. The molecular weight excluding hydrogens is 823 g/mol. The Balaban J connectivity index is 0.661. The Labute approximate surface area is 379 Å². The van der Waals surface area contributed by atoms with Gasteiger partial charge in [0.25, 0.3) is 17.7 Å². The maximum Gasteiger partial charge on any atom is 0.262 e. The topological polar surface area (TPSA) is 175 Å². The molecule has 2 unspecified atom stereocenters. The molecule has 5 amide bonds. The molecule has 6 aliphatic rings. The number of benzene rings is 3. The predicted molar refractivity (Wildman–Crippen MR) is 246 cm³/mol. The SMILES string of the molecule is NC(=O)c1c(-c2ccc(Oc3ccccc3)cc2)nn2c1NCCC2C1CCN(CC2CCN(CCC3CCN(c4ccc5c(c4)C(=O)N(C4CCC(=O)NC4=O)C5=O)CC3)CC2)CC1. The van der Waals surface area contributed by atoms with Crippen LogP contribution in [0.2, 0.25) is 0 Å². The van der Waals surface area contributed by atoms with Gasteiger partial charge in [-0.2, -0.15) is 5.10 Å². The minimum atomic E-state index is -0.956. The number of amides is 5. The summed E-state index contributed by atoms with van der Waals surface area (Å²) in [5.74, 6) is 1.70. The number of carbonyl (C=O) groups excluding carboxylic acids is 5. The van der Waals surface area contributed by atoms with Crippen molar-refractivity contribution in [3.63, 3.8) is 0 Å². The number of hydrogen-bond acceptors (Lipinski definition) is 11. The third kappa shape index (κ3) is 8.87. The smallest absolute Gasteiger partial charge is 0.262 e. The van der Waals surface area contributed by atoms with Crippen molar-refractivity contribution in [2.75, 3.05) is 69.1 Å². The van der Waals surface area contributed by atoms with Crippen LogP contribution in [0.3, 0.4) is 0 Å². The molecule has 15 heteroatoms. The molecule has 4 aromatic rings. The highest BCUT2D eigenvalue weighted by Gasteiger charge is 2.45. The largest absolute Gasteiger partial charge is 0.457 e. The number of hydrogen-bond donors (Lipinski definition) is 3. The van der Waals surface area contributed by atoms with Gasteiger partial charge in [0.1, 0.15) is 34.6 Å². The highest BCUT2D eigenvalue weighted by atomic mass is 16.5. The molecule has 0 bridgehead atoms. The van der Waals surface area contributed by atoms with E-state index in [2.05, 4.69) is 30.0 Å². The van der Waals surface area contributed by atoms with Crippen LogP contribution in [0.1, 0.15) is 101 Å². The van der Waals surface area contributed by atoms with E-state index in [-0.39, 0.29) is 24.8 Å². The Morgan fingerprint density at radius 3 is 2.15 bits per heavy atom.